The molecule has 1 rings (SSSR count). The summed E-state index contributed by atoms with van der Waals surface area (Å²) in [5.41, 5.74) is 0.408. The fourth-order valence-corrected chi connectivity index (χ4v) is 1.82. The van der Waals surface area contributed by atoms with E-state index in [9.17, 15) is 13.2 Å². The Morgan fingerprint density at radius 3 is 2.39 bits per heavy atom. The number of rotatable bonds is 6. The molecule has 4 heteroatoms. The summed E-state index contributed by atoms with van der Waals surface area (Å²) >= 11 is 0. The predicted molar refractivity (Wildman–Crippen MR) is 65.4 cm³/mol. The molecule has 1 N–H and O–H groups in total. The molecule has 0 aliphatic heterocycles. The summed E-state index contributed by atoms with van der Waals surface area (Å²) in [6.45, 7) is 2.55. The lowest BCUT2D eigenvalue weighted by molar-refractivity contribution is 0.435. The fourth-order valence-electron chi connectivity index (χ4n) is 1.82. The highest BCUT2D eigenvalue weighted by molar-refractivity contribution is 5.22. The summed E-state index contributed by atoms with van der Waals surface area (Å²) in [4.78, 5) is 0. The summed E-state index contributed by atoms with van der Waals surface area (Å²) in [6.07, 6.45) is 7.16. The normalized spacial score (nSPS) is 12.2. The molecule has 0 bridgehead atoms. The summed E-state index contributed by atoms with van der Waals surface area (Å²) in [5.74, 6) is -1.24. The van der Waals surface area contributed by atoms with Crippen LogP contribution < -0.4 is 5.32 Å². The van der Waals surface area contributed by atoms with Crippen LogP contribution in [0.5, 0.6) is 0 Å². The molecular weight excluding hydrogens is 239 g/mol. The van der Waals surface area contributed by atoms with Crippen LogP contribution in [0.2, 0.25) is 0 Å². The zero-order valence-corrected chi connectivity index (χ0v) is 10.3. The van der Waals surface area contributed by atoms with Crippen LogP contribution in [0.25, 0.3) is 0 Å². The molecule has 0 amide bonds. The first-order valence-corrected chi connectivity index (χ1v) is 5.91. The molecular formula is C14H16F3N. The highest BCUT2D eigenvalue weighted by atomic mass is 19.2. The molecule has 0 aliphatic rings. The maximum Gasteiger partial charge on any atom is 0.194 e. The molecule has 0 saturated carbocycles. The molecule has 0 spiro atoms. The molecule has 0 aliphatic carbocycles. The Bertz CT molecular complexity index is 414. The smallest absolute Gasteiger partial charge is 0.194 e. The second-order valence-electron chi connectivity index (χ2n) is 4.01. The van der Waals surface area contributed by atoms with Gasteiger partial charge < -0.3 is 5.32 Å². The second kappa shape index (κ2) is 7.07. The van der Waals surface area contributed by atoms with Crippen molar-refractivity contribution in [2.75, 3.05) is 6.54 Å². The highest BCUT2D eigenvalue weighted by Gasteiger charge is 2.16. The quantitative estimate of drug-likeness (QED) is 0.465. The molecule has 1 unspecified atom stereocenters. The van der Waals surface area contributed by atoms with E-state index in [1.807, 2.05) is 6.92 Å². The average Bonchev–Trinajstić information content (AvgIpc) is 2.34. The van der Waals surface area contributed by atoms with E-state index < -0.39 is 17.5 Å². The van der Waals surface area contributed by atoms with Crippen LogP contribution in [-0.2, 0) is 0 Å². The van der Waals surface area contributed by atoms with Crippen molar-refractivity contribution in [3.05, 3.63) is 35.1 Å². The molecule has 0 saturated heterocycles. The molecule has 18 heavy (non-hydrogen) atoms. The monoisotopic (exact) mass is 255 g/mol. The summed E-state index contributed by atoms with van der Waals surface area (Å²) in [5, 5.41) is 3.11. The summed E-state index contributed by atoms with van der Waals surface area (Å²) in [6, 6.07) is 1.84. The van der Waals surface area contributed by atoms with Crippen LogP contribution >= 0.6 is 0 Å². The van der Waals surface area contributed by atoms with Gasteiger partial charge in [0.2, 0.25) is 0 Å². The molecule has 1 nitrogen and oxygen atoms in total. The number of benzene rings is 1. The van der Waals surface area contributed by atoms with Crippen molar-refractivity contribution in [2.45, 2.75) is 32.2 Å². The Balaban J connectivity index is 2.88. The number of nitrogens with one attached hydrogen (secondary N) is 1. The lowest BCUT2D eigenvalue weighted by Crippen LogP contribution is -2.21. The van der Waals surface area contributed by atoms with Crippen LogP contribution in [0.15, 0.2) is 12.1 Å². The van der Waals surface area contributed by atoms with Crippen molar-refractivity contribution in [3.63, 3.8) is 0 Å². The Hall–Kier alpha value is -1.47. The van der Waals surface area contributed by atoms with E-state index in [2.05, 4.69) is 11.2 Å². The van der Waals surface area contributed by atoms with Gasteiger partial charge in [0.05, 0.1) is 0 Å². The van der Waals surface area contributed by atoms with Crippen LogP contribution in [0, 0.1) is 29.8 Å². The van der Waals surface area contributed by atoms with Crippen LogP contribution in [0.1, 0.15) is 37.8 Å². The fraction of sp³-hybridized carbons (Fsp3) is 0.429. The van der Waals surface area contributed by atoms with Gasteiger partial charge in [-0.3, -0.25) is 0 Å². The van der Waals surface area contributed by atoms with Gasteiger partial charge in [0.15, 0.2) is 17.5 Å². The maximum absolute atomic E-state index is 13.2. The average molecular weight is 255 g/mol. The molecule has 1 aromatic rings. The van der Waals surface area contributed by atoms with E-state index in [1.165, 1.54) is 0 Å². The van der Waals surface area contributed by atoms with Crippen LogP contribution in [0.3, 0.4) is 0 Å². The van der Waals surface area contributed by atoms with Crippen molar-refractivity contribution < 1.29 is 13.2 Å². The third-order valence-electron chi connectivity index (χ3n) is 2.67. The van der Waals surface area contributed by atoms with E-state index in [1.54, 1.807) is 0 Å². The van der Waals surface area contributed by atoms with Gasteiger partial charge in [-0.1, -0.05) is 6.92 Å². The van der Waals surface area contributed by atoms with Crippen LogP contribution in [-0.4, -0.2) is 6.54 Å². The van der Waals surface area contributed by atoms with E-state index >= 15 is 0 Å². The minimum absolute atomic E-state index is 0.215. The standard InChI is InChI=1S/C14H16F3N/c1-3-5-6-7-13(18-4-2)10-8-11(15)14(17)12(16)9-10/h1,8-9,13,18H,4-7H2,2H3. The number of unbranched alkanes of at least 4 members (excludes halogenated alkanes) is 1. The Morgan fingerprint density at radius 1 is 1.28 bits per heavy atom. The molecule has 1 aromatic carbocycles. The molecule has 98 valence electrons. The van der Waals surface area contributed by atoms with Crippen molar-refractivity contribution in [3.8, 4) is 12.3 Å². The minimum atomic E-state index is -1.43. The predicted octanol–water partition coefficient (Wildman–Crippen LogP) is 3.56. The number of hydrogen-bond acceptors (Lipinski definition) is 1. The van der Waals surface area contributed by atoms with Crippen molar-refractivity contribution in [1.29, 1.82) is 0 Å². The minimum Gasteiger partial charge on any atom is -0.310 e. The first kappa shape index (κ1) is 14.6. The van der Waals surface area contributed by atoms with Gasteiger partial charge in [-0.25, -0.2) is 13.2 Å². The van der Waals surface area contributed by atoms with Crippen molar-refractivity contribution >= 4 is 0 Å². The van der Waals surface area contributed by atoms with Crippen molar-refractivity contribution in [1.82, 2.24) is 5.32 Å². The molecule has 1 atom stereocenters. The second-order valence-corrected chi connectivity index (χ2v) is 4.01. The Kier molecular flexibility index (Phi) is 5.73. The molecule has 0 fully saturated rings. The summed E-state index contributed by atoms with van der Waals surface area (Å²) in [7, 11) is 0. The van der Waals surface area contributed by atoms with E-state index in [0.717, 1.165) is 18.6 Å². The van der Waals surface area contributed by atoms with Gasteiger partial charge in [0.1, 0.15) is 0 Å². The van der Waals surface area contributed by atoms with Gasteiger partial charge in [0, 0.05) is 12.5 Å². The van der Waals surface area contributed by atoms with Gasteiger partial charge in [-0.15, -0.1) is 12.3 Å². The van der Waals surface area contributed by atoms with Gasteiger partial charge in [-0.2, -0.15) is 0 Å². The van der Waals surface area contributed by atoms with E-state index in [0.29, 0.717) is 24.9 Å². The Morgan fingerprint density at radius 2 is 1.89 bits per heavy atom. The lowest BCUT2D eigenvalue weighted by Gasteiger charge is -2.18. The number of terminal acetylenes is 1. The van der Waals surface area contributed by atoms with E-state index in [-0.39, 0.29) is 6.04 Å². The summed E-state index contributed by atoms with van der Waals surface area (Å²) < 4.78 is 39.2. The molecule has 0 aromatic heterocycles. The van der Waals surface area contributed by atoms with Gasteiger partial charge in [-0.05, 0) is 37.1 Å². The van der Waals surface area contributed by atoms with E-state index in [4.69, 9.17) is 6.42 Å². The third-order valence-corrected chi connectivity index (χ3v) is 2.67. The highest BCUT2D eigenvalue weighted by Crippen LogP contribution is 2.23. The van der Waals surface area contributed by atoms with Crippen LogP contribution in [0.4, 0.5) is 13.2 Å². The first-order valence-electron chi connectivity index (χ1n) is 5.91. The maximum atomic E-state index is 13.2. The zero-order chi connectivity index (χ0) is 13.5. The number of halogens is 3. The molecule has 0 radical (unpaired) electrons. The third kappa shape index (κ3) is 3.78. The van der Waals surface area contributed by atoms with Gasteiger partial charge in [0.25, 0.3) is 0 Å². The molecule has 0 heterocycles. The lowest BCUT2D eigenvalue weighted by atomic mass is 10.0. The van der Waals surface area contributed by atoms with Crippen molar-refractivity contribution in [2.24, 2.45) is 0 Å². The Labute approximate surface area is 105 Å². The SMILES string of the molecule is C#CCCCC(NCC)c1cc(F)c(F)c(F)c1. The zero-order valence-electron chi connectivity index (χ0n) is 10.3. The first-order chi connectivity index (χ1) is 8.60. The topological polar surface area (TPSA) is 12.0 Å². The van der Waals surface area contributed by atoms with Gasteiger partial charge >= 0.3 is 0 Å². The largest absolute Gasteiger partial charge is 0.310 e. The number of hydrogen-bond donors (Lipinski definition) is 1.